The molecule has 1 aromatic carbocycles. The summed E-state index contributed by atoms with van der Waals surface area (Å²) < 4.78 is 24.6. The fourth-order valence-electron chi connectivity index (χ4n) is 2.63. The monoisotopic (exact) mass is 325 g/mol. The van der Waals surface area contributed by atoms with Crippen LogP contribution in [0.5, 0.6) is 0 Å². The number of rotatable bonds is 6. The van der Waals surface area contributed by atoms with Crippen LogP contribution < -0.4 is 14.5 Å². The van der Waals surface area contributed by atoms with Gasteiger partial charge in [-0.15, -0.1) is 0 Å². The zero-order valence-electron chi connectivity index (χ0n) is 13.1. The van der Waals surface area contributed by atoms with Crippen molar-refractivity contribution in [3.8, 4) is 0 Å². The highest BCUT2D eigenvalue weighted by atomic mass is 32.2. The summed E-state index contributed by atoms with van der Waals surface area (Å²) in [5, 5.41) is 0. The first kappa shape index (κ1) is 16.8. The third kappa shape index (κ3) is 4.71. The van der Waals surface area contributed by atoms with Crippen LogP contribution in [-0.2, 0) is 14.8 Å². The van der Waals surface area contributed by atoms with E-state index in [9.17, 15) is 13.2 Å². The van der Waals surface area contributed by atoms with Gasteiger partial charge < -0.3 is 9.80 Å². The second-order valence-corrected chi connectivity index (χ2v) is 7.38. The van der Waals surface area contributed by atoms with E-state index in [2.05, 4.69) is 9.62 Å². The average Bonchev–Trinajstić information content (AvgIpc) is 2.96. The number of sulfonamides is 1. The van der Waals surface area contributed by atoms with Gasteiger partial charge in [0.15, 0.2) is 0 Å². The third-order valence-corrected chi connectivity index (χ3v) is 4.44. The van der Waals surface area contributed by atoms with Crippen LogP contribution in [0.3, 0.4) is 0 Å². The number of hydrogen-bond acceptors (Lipinski definition) is 4. The minimum absolute atomic E-state index is 0.107. The summed E-state index contributed by atoms with van der Waals surface area (Å²) in [4.78, 5) is 15.7. The van der Waals surface area contributed by atoms with Gasteiger partial charge in [-0.2, -0.15) is 0 Å². The number of anilines is 2. The van der Waals surface area contributed by atoms with Crippen molar-refractivity contribution in [2.24, 2.45) is 0 Å². The first-order valence-corrected chi connectivity index (χ1v) is 9.34. The van der Waals surface area contributed by atoms with Crippen molar-refractivity contribution in [3.63, 3.8) is 0 Å². The Morgan fingerprint density at radius 2 is 1.82 bits per heavy atom. The Balaban J connectivity index is 2.03. The Kier molecular flexibility index (Phi) is 5.42. The Morgan fingerprint density at radius 1 is 1.23 bits per heavy atom. The van der Waals surface area contributed by atoms with Crippen LogP contribution in [0, 0.1) is 0 Å². The number of amides is 1. The van der Waals surface area contributed by atoms with Gasteiger partial charge in [0, 0.05) is 44.5 Å². The molecule has 22 heavy (non-hydrogen) atoms. The molecule has 2 rings (SSSR count). The predicted octanol–water partition coefficient (Wildman–Crippen LogP) is 1.19. The molecule has 1 aliphatic rings. The topological polar surface area (TPSA) is 69.7 Å². The van der Waals surface area contributed by atoms with Crippen LogP contribution in [-0.4, -0.2) is 46.8 Å². The molecule has 0 unspecified atom stereocenters. The van der Waals surface area contributed by atoms with Crippen LogP contribution >= 0.6 is 0 Å². The molecule has 1 saturated heterocycles. The smallest absolute Gasteiger partial charge is 0.223 e. The first-order valence-electron chi connectivity index (χ1n) is 7.44. The van der Waals surface area contributed by atoms with Crippen LogP contribution in [0.25, 0.3) is 0 Å². The van der Waals surface area contributed by atoms with Gasteiger partial charge in [0.2, 0.25) is 15.9 Å². The van der Waals surface area contributed by atoms with Crippen molar-refractivity contribution in [1.29, 1.82) is 0 Å². The van der Waals surface area contributed by atoms with Crippen LogP contribution in [0.1, 0.15) is 19.8 Å². The van der Waals surface area contributed by atoms with Crippen molar-refractivity contribution in [2.45, 2.75) is 19.8 Å². The lowest BCUT2D eigenvalue weighted by molar-refractivity contribution is -0.116. The van der Waals surface area contributed by atoms with E-state index < -0.39 is 10.0 Å². The molecule has 1 aliphatic heterocycles. The third-order valence-electron chi connectivity index (χ3n) is 3.71. The molecule has 6 nitrogen and oxygen atoms in total. The molecule has 1 amide bonds. The number of carbonyl (C=O) groups is 1. The molecule has 0 atom stereocenters. The SMILES string of the molecule is CC(=O)N(CCNS(C)(=O)=O)c1ccc(N2CCCC2)cc1. The minimum atomic E-state index is -3.24. The van der Waals surface area contributed by atoms with Gasteiger partial charge in [0.25, 0.3) is 0 Å². The standard InChI is InChI=1S/C15H23N3O3S/c1-13(19)18(12-9-16-22(2,20)21)15-7-5-14(6-8-15)17-10-3-4-11-17/h5-8,16H,3-4,9-12H2,1-2H3. The maximum absolute atomic E-state index is 11.8. The maximum atomic E-state index is 11.8. The van der Waals surface area contributed by atoms with E-state index in [1.165, 1.54) is 25.5 Å². The zero-order valence-corrected chi connectivity index (χ0v) is 13.9. The molecular weight excluding hydrogens is 302 g/mol. The van der Waals surface area contributed by atoms with E-state index in [1.54, 1.807) is 4.90 Å². The molecule has 0 aliphatic carbocycles. The Hall–Kier alpha value is -1.60. The number of nitrogens with one attached hydrogen (secondary N) is 1. The lowest BCUT2D eigenvalue weighted by atomic mass is 10.2. The van der Waals surface area contributed by atoms with E-state index in [0.29, 0.717) is 6.54 Å². The van der Waals surface area contributed by atoms with Gasteiger partial charge in [0.1, 0.15) is 0 Å². The number of benzene rings is 1. The van der Waals surface area contributed by atoms with Crippen molar-refractivity contribution in [2.75, 3.05) is 42.2 Å². The highest BCUT2D eigenvalue weighted by Crippen LogP contribution is 2.23. The van der Waals surface area contributed by atoms with Crippen molar-refractivity contribution >= 4 is 27.3 Å². The highest BCUT2D eigenvalue weighted by molar-refractivity contribution is 7.88. The second kappa shape index (κ2) is 7.11. The predicted molar refractivity (Wildman–Crippen MR) is 88.8 cm³/mol. The van der Waals surface area contributed by atoms with Crippen molar-refractivity contribution in [3.05, 3.63) is 24.3 Å². The van der Waals surface area contributed by atoms with E-state index in [4.69, 9.17) is 0 Å². The number of hydrogen-bond donors (Lipinski definition) is 1. The van der Waals surface area contributed by atoms with Gasteiger partial charge in [-0.1, -0.05) is 0 Å². The molecular formula is C15H23N3O3S. The summed E-state index contributed by atoms with van der Waals surface area (Å²) in [6.07, 6.45) is 3.55. The van der Waals surface area contributed by atoms with E-state index >= 15 is 0 Å². The van der Waals surface area contributed by atoms with Crippen LogP contribution in [0.15, 0.2) is 24.3 Å². The lowest BCUT2D eigenvalue weighted by Crippen LogP contribution is -2.37. The average molecular weight is 325 g/mol. The number of carbonyl (C=O) groups excluding carboxylic acids is 1. The van der Waals surface area contributed by atoms with Gasteiger partial charge in [-0.25, -0.2) is 13.1 Å². The number of nitrogens with zero attached hydrogens (tertiary/aromatic N) is 2. The molecule has 1 aromatic rings. The van der Waals surface area contributed by atoms with Gasteiger partial charge >= 0.3 is 0 Å². The summed E-state index contributed by atoms with van der Waals surface area (Å²) in [5.41, 5.74) is 1.95. The van der Waals surface area contributed by atoms with Gasteiger partial charge in [-0.3, -0.25) is 4.79 Å². The molecule has 0 aromatic heterocycles. The normalized spacial score (nSPS) is 15.1. The Labute approximate surface area is 132 Å². The summed E-state index contributed by atoms with van der Waals surface area (Å²) in [6, 6.07) is 7.85. The molecule has 7 heteroatoms. The Bertz CT molecular complexity index is 607. The molecule has 122 valence electrons. The molecule has 1 fully saturated rings. The molecule has 1 heterocycles. The maximum Gasteiger partial charge on any atom is 0.223 e. The Morgan fingerprint density at radius 3 is 2.32 bits per heavy atom. The minimum Gasteiger partial charge on any atom is -0.372 e. The van der Waals surface area contributed by atoms with E-state index in [1.807, 2.05) is 24.3 Å². The molecule has 0 saturated carbocycles. The summed E-state index contributed by atoms with van der Waals surface area (Å²) >= 11 is 0. The largest absolute Gasteiger partial charge is 0.372 e. The molecule has 0 spiro atoms. The fourth-order valence-corrected chi connectivity index (χ4v) is 3.09. The molecule has 1 N–H and O–H groups in total. The van der Waals surface area contributed by atoms with E-state index in [0.717, 1.165) is 25.0 Å². The van der Waals surface area contributed by atoms with Crippen LogP contribution in [0.4, 0.5) is 11.4 Å². The van der Waals surface area contributed by atoms with Crippen molar-refractivity contribution < 1.29 is 13.2 Å². The van der Waals surface area contributed by atoms with Crippen molar-refractivity contribution in [1.82, 2.24) is 4.72 Å². The highest BCUT2D eigenvalue weighted by Gasteiger charge is 2.15. The van der Waals surface area contributed by atoms with E-state index in [-0.39, 0.29) is 12.5 Å². The quantitative estimate of drug-likeness (QED) is 0.853. The summed E-state index contributed by atoms with van der Waals surface area (Å²) in [5.74, 6) is -0.107. The van der Waals surface area contributed by atoms with Gasteiger partial charge in [-0.05, 0) is 37.1 Å². The molecule has 0 radical (unpaired) electrons. The lowest BCUT2D eigenvalue weighted by Gasteiger charge is -2.23. The van der Waals surface area contributed by atoms with Gasteiger partial charge in [0.05, 0.1) is 6.26 Å². The fraction of sp³-hybridized carbons (Fsp3) is 0.533. The second-order valence-electron chi connectivity index (χ2n) is 5.55. The van der Waals surface area contributed by atoms with Crippen LogP contribution in [0.2, 0.25) is 0 Å². The zero-order chi connectivity index (χ0) is 16.2. The summed E-state index contributed by atoms with van der Waals surface area (Å²) in [7, 11) is -3.24. The molecule has 0 bridgehead atoms. The summed E-state index contributed by atoms with van der Waals surface area (Å²) in [6.45, 7) is 4.15. The first-order chi connectivity index (χ1) is 10.4.